The molecule has 1 aromatic carbocycles. The van der Waals surface area contributed by atoms with Crippen LogP contribution in [0.25, 0.3) is 0 Å². The fourth-order valence-corrected chi connectivity index (χ4v) is 3.48. The number of nitrogens with two attached hydrogens (primary N) is 2. The van der Waals surface area contributed by atoms with Gasteiger partial charge < -0.3 is 31.7 Å². The predicted octanol–water partition coefficient (Wildman–Crippen LogP) is 1.02. The van der Waals surface area contributed by atoms with Gasteiger partial charge in [0.05, 0.1) is 0 Å². The number of nitrogens with one attached hydrogen (secondary N) is 1. The molecule has 0 fully saturated rings. The Balaban J connectivity index is 2.16. The third kappa shape index (κ3) is 4.72. The van der Waals surface area contributed by atoms with Crippen molar-refractivity contribution in [2.75, 3.05) is 6.54 Å². The lowest BCUT2D eigenvalue weighted by Gasteiger charge is -2.37. The maximum atomic E-state index is 12.9. The number of nitrogens with zero attached hydrogens (tertiary/aromatic N) is 1. The van der Waals surface area contributed by atoms with Crippen molar-refractivity contribution in [3.8, 4) is 11.5 Å². The summed E-state index contributed by atoms with van der Waals surface area (Å²) in [6, 6.07) is -1.07. The van der Waals surface area contributed by atoms with E-state index in [4.69, 9.17) is 16.2 Å². The van der Waals surface area contributed by atoms with Crippen molar-refractivity contribution in [1.82, 2.24) is 5.32 Å². The summed E-state index contributed by atoms with van der Waals surface area (Å²) < 4.78 is 6.10. The van der Waals surface area contributed by atoms with Crippen LogP contribution in [0.2, 0.25) is 0 Å². The number of hydrogen-bond acceptors (Lipinski definition) is 5. The Morgan fingerprint density at radius 3 is 2.48 bits per heavy atom. The first-order valence-corrected chi connectivity index (χ1v) is 9.57. The lowest BCUT2D eigenvalue weighted by Crippen LogP contribution is -2.55. The summed E-state index contributed by atoms with van der Waals surface area (Å²) in [6.07, 6.45) is 1.51. The molecule has 1 aliphatic heterocycles. The minimum atomic E-state index is -1.21. The van der Waals surface area contributed by atoms with E-state index in [1.54, 1.807) is 13.8 Å². The highest BCUT2D eigenvalue weighted by molar-refractivity contribution is 5.89. The molecule has 7 N–H and O–H groups in total. The molecule has 0 aliphatic carbocycles. The molecule has 1 aromatic rings. The first kappa shape index (κ1) is 22.3. The Hall–Kier alpha value is -2.97. The number of carboxylic acid groups (broad SMARTS) is 1. The highest BCUT2D eigenvalue weighted by atomic mass is 16.5. The molecule has 0 spiro atoms. The highest BCUT2D eigenvalue weighted by Gasteiger charge is 2.42. The van der Waals surface area contributed by atoms with Gasteiger partial charge in [-0.2, -0.15) is 0 Å². The second kappa shape index (κ2) is 8.59. The van der Waals surface area contributed by atoms with Gasteiger partial charge in [-0.15, -0.1) is 0 Å². The van der Waals surface area contributed by atoms with Crippen LogP contribution in [0.15, 0.2) is 4.99 Å². The summed E-state index contributed by atoms with van der Waals surface area (Å²) in [5.41, 5.74) is 12.4. The molecule has 2 rings (SSSR count). The topological polar surface area (TPSA) is 160 Å². The van der Waals surface area contributed by atoms with E-state index in [1.807, 2.05) is 13.8 Å². The van der Waals surface area contributed by atoms with Crippen LogP contribution in [0.3, 0.4) is 0 Å². The average Bonchev–Trinajstić information content (AvgIpc) is 2.66. The smallest absolute Gasteiger partial charge is 0.326 e. The zero-order valence-corrected chi connectivity index (χ0v) is 17.3. The van der Waals surface area contributed by atoms with Gasteiger partial charge in [0.2, 0.25) is 0 Å². The average molecular weight is 406 g/mol. The van der Waals surface area contributed by atoms with Crippen LogP contribution in [-0.4, -0.2) is 46.2 Å². The molecule has 0 saturated carbocycles. The number of benzene rings is 1. The number of amides is 1. The van der Waals surface area contributed by atoms with Crippen LogP contribution in [0.4, 0.5) is 0 Å². The number of guanidine groups is 1. The number of ether oxygens (including phenoxy) is 1. The number of aliphatic carboxylic acids is 1. The van der Waals surface area contributed by atoms with Gasteiger partial charge in [-0.1, -0.05) is 0 Å². The molecule has 0 saturated heterocycles. The number of carboxylic acids is 1. The van der Waals surface area contributed by atoms with Crippen molar-refractivity contribution in [1.29, 1.82) is 0 Å². The van der Waals surface area contributed by atoms with Crippen molar-refractivity contribution in [3.05, 3.63) is 22.3 Å². The molecule has 0 radical (unpaired) electrons. The molecule has 1 heterocycles. The van der Waals surface area contributed by atoms with Gasteiger partial charge in [-0.05, 0) is 63.6 Å². The van der Waals surface area contributed by atoms with Crippen LogP contribution < -0.4 is 21.5 Å². The quantitative estimate of drug-likeness (QED) is 0.257. The normalized spacial score (nSPS) is 18.9. The summed E-state index contributed by atoms with van der Waals surface area (Å²) in [7, 11) is 0. The van der Waals surface area contributed by atoms with Gasteiger partial charge in [0, 0.05) is 18.5 Å². The van der Waals surface area contributed by atoms with Crippen LogP contribution >= 0.6 is 0 Å². The first-order valence-electron chi connectivity index (χ1n) is 9.57. The fraction of sp³-hybridized carbons (Fsp3) is 0.550. The third-order valence-electron chi connectivity index (χ3n) is 5.55. The summed E-state index contributed by atoms with van der Waals surface area (Å²) in [5, 5.41) is 22.3. The number of phenols is 1. The van der Waals surface area contributed by atoms with E-state index in [0.717, 1.165) is 16.7 Å². The molecule has 29 heavy (non-hydrogen) atoms. The van der Waals surface area contributed by atoms with Crippen LogP contribution in [0.1, 0.15) is 48.4 Å². The van der Waals surface area contributed by atoms with E-state index in [-0.39, 0.29) is 24.7 Å². The number of fused-ring (bicyclic) bond motifs is 1. The number of carbonyl (C=O) groups is 2. The Morgan fingerprint density at radius 2 is 1.90 bits per heavy atom. The van der Waals surface area contributed by atoms with Gasteiger partial charge >= 0.3 is 5.97 Å². The van der Waals surface area contributed by atoms with Crippen molar-refractivity contribution in [2.45, 2.75) is 65.0 Å². The van der Waals surface area contributed by atoms with Gasteiger partial charge in [-0.3, -0.25) is 9.79 Å². The number of carbonyl (C=O) groups excluding carboxylic acids is 1. The van der Waals surface area contributed by atoms with Crippen LogP contribution in [-0.2, 0) is 16.0 Å². The van der Waals surface area contributed by atoms with E-state index in [2.05, 4.69) is 10.3 Å². The zero-order chi connectivity index (χ0) is 21.9. The fourth-order valence-electron chi connectivity index (χ4n) is 3.48. The SMILES string of the molecule is Cc1c(C)c2c(c(C)c1O)CCC(C)(C(=O)NC(CCCN=C(N)N)C(=O)O)O2. The van der Waals surface area contributed by atoms with Crippen molar-refractivity contribution in [2.24, 2.45) is 16.5 Å². The van der Waals surface area contributed by atoms with Gasteiger partial charge in [0.25, 0.3) is 5.91 Å². The summed E-state index contributed by atoms with van der Waals surface area (Å²) in [4.78, 5) is 28.3. The van der Waals surface area contributed by atoms with E-state index >= 15 is 0 Å². The zero-order valence-electron chi connectivity index (χ0n) is 17.3. The molecular formula is C20H30N4O5. The number of aliphatic imine (C=N–C) groups is 1. The summed E-state index contributed by atoms with van der Waals surface area (Å²) in [6.45, 7) is 7.39. The monoisotopic (exact) mass is 406 g/mol. The Labute approximate surface area is 170 Å². The molecule has 2 atom stereocenters. The summed E-state index contributed by atoms with van der Waals surface area (Å²) in [5.74, 6) is -0.850. The Kier molecular flexibility index (Phi) is 6.61. The van der Waals surface area contributed by atoms with Crippen LogP contribution in [0, 0.1) is 20.8 Å². The van der Waals surface area contributed by atoms with Gasteiger partial charge in [-0.25, -0.2) is 4.79 Å². The number of aromatic hydroxyl groups is 1. The van der Waals surface area contributed by atoms with Crippen LogP contribution in [0.5, 0.6) is 11.5 Å². The molecular weight excluding hydrogens is 376 g/mol. The minimum Gasteiger partial charge on any atom is -0.507 e. The minimum absolute atomic E-state index is 0.0605. The van der Waals surface area contributed by atoms with E-state index in [0.29, 0.717) is 30.6 Å². The first-order chi connectivity index (χ1) is 13.5. The molecule has 1 aliphatic rings. The molecule has 0 aromatic heterocycles. The second-order valence-corrected chi connectivity index (χ2v) is 7.68. The number of rotatable bonds is 7. The lowest BCUT2D eigenvalue weighted by molar-refractivity contribution is -0.146. The molecule has 9 nitrogen and oxygen atoms in total. The number of hydrogen-bond donors (Lipinski definition) is 5. The third-order valence-corrected chi connectivity index (χ3v) is 5.55. The predicted molar refractivity (Wildman–Crippen MR) is 109 cm³/mol. The van der Waals surface area contributed by atoms with E-state index in [9.17, 15) is 19.8 Å². The van der Waals surface area contributed by atoms with Crippen molar-refractivity contribution in [3.63, 3.8) is 0 Å². The van der Waals surface area contributed by atoms with E-state index in [1.165, 1.54) is 0 Å². The maximum Gasteiger partial charge on any atom is 0.326 e. The summed E-state index contributed by atoms with van der Waals surface area (Å²) >= 11 is 0. The van der Waals surface area contributed by atoms with E-state index < -0.39 is 23.5 Å². The highest BCUT2D eigenvalue weighted by Crippen LogP contribution is 2.43. The van der Waals surface area contributed by atoms with Gasteiger partial charge in [0.1, 0.15) is 17.5 Å². The van der Waals surface area contributed by atoms with Crippen molar-refractivity contribution < 1.29 is 24.5 Å². The molecule has 160 valence electrons. The molecule has 0 bridgehead atoms. The Morgan fingerprint density at radius 1 is 1.24 bits per heavy atom. The molecule has 9 heteroatoms. The molecule has 1 amide bonds. The van der Waals surface area contributed by atoms with Crippen molar-refractivity contribution >= 4 is 17.8 Å². The number of phenolic OH excluding ortho intramolecular Hbond substituents is 1. The lowest BCUT2D eigenvalue weighted by atomic mass is 9.86. The maximum absolute atomic E-state index is 12.9. The largest absolute Gasteiger partial charge is 0.507 e. The standard InChI is InChI=1S/C20H30N4O5/c1-10-11(2)16-13(12(3)15(10)25)7-8-20(4,29-16)18(28)24-14(17(26)27)6-5-9-23-19(21)22/h14,25H,5-9H2,1-4H3,(H,24,28)(H,26,27)(H4,21,22,23). The second-order valence-electron chi connectivity index (χ2n) is 7.68. The van der Waals surface area contributed by atoms with Gasteiger partial charge in [0.15, 0.2) is 11.6 Å². The molecule has 2 unspecified atom stereocenters. The Bertz CT molecular complexity index is 848.